The lowest BCUT2D eigenvalue weighted by atomic mass is 10.0. The van der Waals surface area contributed by atoms with Crippen LogP contribution in [0.25, 0.3) is 22.2 Å². The maximum Gasteiger partial charge on any atom is 0.0497 e. The summed E-state index contributed by atoms with van der Waals surface area (Å²) in [6.45, 7) is 0.738. The molecule has 0 fully saturated rings. The Hall–Kier alpha value is -1.29. The van der Waals surface area contributed by atoms with Crippen LogP contribution in [0.5, 0.6) is 0 Å². The number of aromatic nitrogens is 1. The van der Waals surface area contributed by atoms with E-state index < -0.39 is 0 Å². The van der Waals surface area contributed by atoms with Gasteiger partial charge in [0.2, 0.25) is 0 Å². The van der Waals surface area contributed by atoms with Crippen LogP contribution in [0, 0.1) is 0 Å². The Bertz CT molecular complexity index is 778. The van der Waals surface area contributed by atoms with Gasteiger partial charge >= 0.3 is 0 Å². The normalized spacial score (nSPS) is 11.2. The summed E-state index contributed by atoms with van der Waals surface area (Å²) in [4.78, 5) is 3.56. The zero-order valence-corrected chi connectivity index (χ0v) is 14.5. The average Bonchev–Trinajstić information content (AvgIpc) is 2.86. The Morgan fingerprint density at radius 1 is 1.05 bits per heavy atom. The molecular formula is C18H18BrClN2. The molecule has 22 heavy (non-hydrogen) atoms. The van der Waals surface area contributed by atoms with Gasteiger partial charge in [0.1, 0.15) is 0 Å². The van der Waals surface area contributed by atoms with E-state index in [9.17, 15) is 0 Å². The molecule has 0 atom stereocenters. The van der Waals surface area contributed by atoms with Gasteiger partial charge in [-0.2, -0.15) is 0 Å². The van der Waals surface area contributed by atoms with Gasteiger partial charge in [0.15, 0.2) is 0 Å². The number of aryl methyl sites for hydroxylation is 1. The molecule has 0 spiro atoms. The highest BCUT2D eigenvalue weighted by Crippen LogP contribution is 2.33. The molecule has 0 aliphatic rings. The predicted molar refractivity (Wildman–Crippen MR) is 98.4 cm³/mol. The number of nitrogens with one attached hydrogen (secondary N) is 1. The van der Waals surface area contributed by atoms with Gasteiger partial charge in [-0.1, -0.05) is 39.7 Å². The Morgan fingerprint density at radius 3 is 2.55 bits per heavy atom. The number of hydrogen-bond acceptors (Lipinski definition) is 1. The van der Waals surface area contributed by atoms with Crippen LogP contribution < -0.4 is 5.73 Å². The van der Waals surface area contributed by atoms with E-state index in [-0.39, 0.29) is 0 Å². The van der Waals surface area contributed by atoms with Gasteiger partial charge in [-0.15, -0.1) is 0 Å². The fourth-order valence-corrected chi connectivity index (χ4v) is 3.28. The number of halogens is 2. The van der Waals surface area contributed by atoms with E-state index in [0.29, 0.717) is 0 Å². The molecule has 0 amide bonds. The number of H-pyrrole nitrogens is 1. The van der Waals surface area contributed by atoms with Crippen molar-refractivity contribution < 1.29 is 0 Å². The van der Waals surface area contributed by atoms with Crippen LogP contribution >= 0.6 is 27.5 Å². The van der Waals surface area contributed by atoms with Crippen LogP contribution in [0.4, 0.5) is 0 Å². The van der Waals surface area contributed by atoms with Crippen LogP contribution in [-0.4, -0.2) is 11.5 Å². The van der Waals surface area contributed by atoms with E-state index in [1.165, 1.54) is 22.2 Å². The first kappa shape index (κ1) is 15.6. The molecule has 1 heterocycles. The van der Waals surface area contributed by atoms with E-state index in [0.717, 1.165) is 40.8 Å². The van der Waals surface area contributed by atoms with Crippen LogP contribution in [0.15, 0.2) is 46.9 Å². The number of unbranched alkanes of at least 4 members (excludes halogenated alkanes) is 1. The summed E-state index contributed by atoms with van der Waals surface area (Å²) in [5.41, 5.74) is 10.5. The fourth-order valence-electron chi connectivity index (χ4n) is 2.79. The predicted octanol–water partition coefficient (Wildman–Crippen LogP) is 5.53. The summed E-state index contributed by atoms with van der Waals surface area (Å²) in [6.07, 6.45) is 3.16. The van der Waals surface area contributed by atoms with Gasteiger partial charge in [-0.3, -0.25) is 0 Å². The van der Waals surface area contributed by atoms with Gasteiger partial charge in [-0.25, -0.2) is 0 Å². The van der Waals surface area contributed by atoms with Gasteiger partial charge in [0, 0.05) is 26.1 Å². The van der Waals surface area contributed by atoms with E-state index in [1.54, 1.807) is 0 Å². The SMILES string of the molecule is NCCCCc1c(-c2ccc(Cl)cc2)[nH]c2ccc(Br)cc12. The first-order valence-corrected chi connectivity index (χ1v) is 8.62. The minimum Gasteiger partial charge on any atom is -0.354 e. The van der Waals surface area contributed by atoms with Crippen LogP contribution in [0.3, 0.4) is 0 Å². The topological polar surface area (TPSA) is 41.8 Å². The molecule has 2 aromatic carbocycles. The Morgan fingerprint density at radius 2 is 1.82 bits per heavy atom. The van der Waals surface area contributed by atoms with Crippen molar-refractivity contribution in [3.05, 3.63) is 57.5 Å². The van der Waals surface area contributed by atoms with Crippen molar-refractivity contribution in [2.24, 2.45) is 5.73 Å². The van der Waals surface area contributed by atoms with E-state index >= 15 is 0 Å². The first-order chi connectivity index (χ1) is 10.7. The summed E-state index contributed by atoms with van der Waals surface area (Å²) in [6, 6.07) is 14.4. The molecule has 4 heteroatoms. The van der Waals surface area contributed by atoms with E-state index in [1.807, 2.05) is 12.1 Å². The second-order valence-electron chi connectivity index (χ2n) is 5.42. The van der Waals surface area contributed by atoms with Gasteiger partial charge in [-0.05, 0) is 67.3 Å². The van der Waals surface area contributed by atoms with Crippen molar-refractivity contribution in [2.75, 3.05) is 6.54 Å². The highest BCUT2D eigenvalue weighted by atomic mass is 79.9. The maximum atomic E-state index is 6.01. The lowest BCUT2D eigenvalue weighted by molar-refractivity contribution is 0.748. The van der Waals surface area contributed by atoms with Gasteiger partial charge in [0.05, 0.1) is 0 Å². The largest absolute Gasteiger partial charge is 0.354 e. The molecule has 3 aromatic rings. The molecule has 114 valence electrons. The minimum absolute atomic E-state index is 0.738. The molecule has 0 saturated carbocycles. The van der Waals surface area contributed by atoms with Crippen molar-refractivity contribution in [1.82, 2.24) is 4.98 Å². The summed E-state index contributed by atoms with van der Waals surface area (Å²) < 4.78 is 1.10. The highest BCUT2D eigenvalue weighted by Gasteiger charge is 2.13. The smallest absolute Gasteiger partial charge is 0.0497 e. The average molecular weight is 378 g/mol. The number of nitrogens with two attached hydrogens (primary N) is 1. The monoisotopic (exact) mass is 376 g/mol. The first-order valence-electron chi connectivity index (χ1n) is 7.45. The highest BCUT2D eigenvalue weighted by molar-refractivity contribution is 9.10. The number of aromatic amines is 1. The molecule has 0 unspecified atom stereocenters. The lowest BCUT2D eigenvalue weighted by Gasteiger charge is -2.05. The third-order valence-corrected chi connectivity index (χ3v) is 4.63. The Balaban J connectivity index is 2.10. The summed E-state index contributed by atoms with van der Waals surface area (Å²) in [5.74, 6) is 0. The third-order valence-electron chi connectivity index (χ3n) is 3.88. The van der Waals surface area contributed by atoms with E-state index in [4.69, 9.17) is 17.3 Å². The molecule has 0 radical (unpaired) electrons. The van der Waals surface area contributed by atoms with Crippen molar-refractivity contribution in [3.8, 4) is 11.3 Å². The zero-order valence-electron chi connectivity index (χ0n) is 12.2. The molecule has 0 bridgehead atoms. The standard InChI is InChI=1S/C18H18BrClN2/c19-13-6-9-17-16(11-13)15(3-1-2-10-21)18(22-17)12-4-7-14(20)8-5-12/h4-9,11,22H,1-3,10,21H2. The Kier molecular flexibility index (Phi) is 4.87. The van der Waals surface area contributed by atoms with Crippen molar-refractivity contribution in [2.45, 2.75) is 19.3 Å². The van der Waals surface area contributed by atoms with Crippen LogP contribution in [-0.2, 0) is 6.42 Å². The van der Waals surface area contributed by atoms with Gasteiger partial charge in [0.25, 0.3) is 0 Å². The zero-order chi connectivity index (χ0) is 15.5. The molecule has 0 aliphatic heterocycles. The number of hydrogen-bond donors (Lipinski definition) is 2. The second kappa shape index (κ2) is 6.86. The Labute approximate surface area is 143 Å². The molecular weight excluding hydrogens is 360 g/mol. The van der Waals surface area contributed by atoms with E-state index in [2.05, 4.69) is 51.2 Å². The minimum atomic E-state index is 0.738. The van der Waals surface area contributed by atoms with Crippen molar-refractivity contribution in [1.29, 1.82) is 0 Å². The van der Waals surface area contributed by atoms with Crippen molar-refractivity contribution in [3.63, 3.8) is 0 Å². The third kappa shape index (κ3) is 3.22. The maximum absolute atomic E-state index is 6.01. The number of rotatable bonds is 5. The molecule has 0 saturated heterocycles. The number of fused-ring (bicyclic) bond motifs is 1. The summed E-state index contributed by atoms with van der Waals surface area (Å²) >= 11 is 9.58. The molecule has 3 rings (SSSR count). The molecule has 1 aromatic heterocycles. The van der Waals surface area contributed by atoms with Crippen molar-refractivity contribution >= 4 is 38.4 Å². The summed E-state index contributed by atoms with van der Waals surface area (Å²) in [7, 11) is 0. The lowest BCUT2D eigenvalue weighted by Crippen LogP contribution is -1.99. The molecule has 3 N–H and O–H groups in total. The van der Waals surface area contributed by atoms with Gasteiger partial charge < -0.3 is 10.7 Å². The summed E-state index contributed by atoms with van der Waals surface area (Å²) in [5, 5.41) is 2.03. The van der Waals surface area contributed by atoms with Crippen LogP contribution in [0.2, 0.25) is 5.02 Å². The molecule has 2 nitrogen and oxygen atoms in total. The fraction of sp³-hybridized carbons (Fsp3) is 0.222. The van der Waals surface area contributed by atoms with Crippen LogP contribution in [0.1, 0.15) is 18.4 Å². The molecule has 0 aliphatic carbocycles. The number of benzene rings is 2. The quantitative estimate of drug-likeness (QED) is 0.564. The second-order valence-corrected chi connectivity index (χ2v) is 6.77.